The molecule has 1 heterocycles. The van der Waals surface area contributed by atoms with Crippen LogP contribution in [0.4, 0.5) is 0 Å². The molecule has 19 heavy (non-hydrogen) atoms. The van der Waals surface area contributed by atoms with Crippen molar-refractivity contribution in [1.82, 2.24) is 9.55 Å². The zero-order valence-corrected chi connectivity index (χ0v) is 12.3. The SMILES string of the molecule is CCc1nc2ccccc2n1CCCC(C)(C)CN. The topological polar surface area (TPSA) is 43.8 Å². The molecule has 3 heteroatoms. The summed E-state index contributed by atoms with van der Waals surface area (Å²) in [7, 11) is 0. The zero-order chi connectivity index (χ0) is 13.9. The third kappa shape index (κ3) is 3.16. The molecule has 3 nitrogen and oxygen atoms in total. The van der Waals surface area contributed by atoms with Crippen LogP contribution in [0.5, 0.6) is 0 Å². The number of nitrogens with zero attached hydrogens (tertiary/aromatic N) is 2. The molecule has 0 bridgehead atoms. The first-order valence-corrected chi connectivity index (χ1v) is 7.21. The van der Waals surface area contributed by atoms with Crippen molar-refractivity contribution in [3.8, 4) is 0 Å². The summed E-state index contributed by atoms with van der Waals surface area (Å²) in [6, 6.07) is 8.39. The highest BCUT2D eigenvalue weighted by Gasteiger charge is 2.15. The van der Waals surface area contributed by atoms with E-state index in [1.54, 1.807) is 0 Å². The average molecular weight is 259 g/mol. The van der Waals surface area contributed by atoms with E-state index in [9.17, 15) is 0 Å². The van der Waals surface area contributed by atoms with Gasteiger partial charge in [0.2, 0.25) is 0 Å². The number of para-hydroxylation sites is 2. The molecule has 0 spiro atoms. The first kappa shape index (κ1) is 14.1. The molecule has 0 fully saturated rings. The lowest BCUT2D eigenvalue weighted by molar-refractivity contribution is 0.327. The highest BCUT2D eigenvalue weighted by atomic mass is 15.1. The van der Waals surface area contributed by atoms with E-state index in [4.69, 9.17) is 10.7 Å². The first-order valence-electron chi connectivity index (χ1n) is 7.21. The Morgan fingerprint density at radius 3 is 2.68 bits per heavy atom. The number of hydrogen-bond donors (Lipinski definition) is 1. The smallest absolute Gasteiger partial charge is 0.109 e. The number of fused-ring (bicyclic) bond motifs is 1. The molecule has 0 radical (unpaired) electrons. The van der Waals surface area contributed by atoms with Crippen molar-refractivity contribution >= 4 is 11.0 Å². The van der Waals surface area contributed by atoms with Gasteiger partial charge in [0.1, 0.15) is 5.82 Å². The fourth-order valence-electron chi connectivity index (χ4n) is 2.46. The van der Waals surface area contributed by atoms with Crippen molar-refractivity contribution in [2.24, 2.45) is 11.1 Å². The van der Waals surface area contributed by atoms with E-state index in [0.717, 1.165) is 37.9 Å². The molecule has 2 rings (SSSR count). The van der Waals surface area contributed by atoms with Crippen LogP contribution in [-0.2, 0) is 13.0 Å². The third-order valence-electron chi connectivity index (χ3n) is 3.84. The Morgan fingerprint density at radius 2 is 2.00 bits per heavy atom. The highest BCUT2D eigenvalue weighted by Crippen LogP contribution is 2.23. The second-order valence-corrected chi connectivity index (χ2v) is 5.99. The second kappa shape index (κ2) is 5.74. The van der Waals surface area contributed by atoms with Gasteiger partial charge in [-0.1, -0.05) is 32.9 Å². The Hall–Kier alpha value is -1.35. The molecule has 0 aliphatic rings. The Labute approximate surface area is 115 Å². The van der Waals surface area contributed by atoms with Gasteiger partial charge in [0.25, 0.3) is 0 Å². The molecule has 104 valence electrons. The van der Waals surface area contributed by atoms with Gasteiger partial charge in [0.05, 0.1) is 11.0 Å². The van der Waals surface area contributed by atoms with Gasteiger partial charge in [-0.25, -0.2) is 4.98 Å². The summed E-state index contributed by atoms with van der Waals surface area (Å²) in [6.45, 7) is 8.42. The summed E-state index contributed by atoms with van der Waals surface area (Å²) in [5, 5.41) is 0. The van der Waals surface area contributed by atoms with Gasteiger partial charge < -0.3 is 10.3 Å². The predicted molar refractivity (Wildman–Crippen MR) is 81.2 cm³/mol. The number of rotatable bonds is 6. The molecule has 2 N–H and O–H groups in total. The minimum Gasteiger partial charge on any atom is -0.330 e. The van der Waals surface area contributed by atoms with Crippen LogP contribution in [0, 0.1) is 5.41 Å². The van der Waals surface area contributed by atoms with Gasteiger partial charge in [-0.2, -0.15) is 0 Å². The van der Waals surface area contributed by atoms with E-state index in [1.807, 2.05) is 0 Å². The van der Waals surface area contributed by atoms with Crippen LogP contribution in [0.15, 0.2) is 24.3 Å². The normalized spacial score (nSPS) is 12.2. The summed E-state index contributed by atoms with van der Waals surface area (Å²) in [4.78, 5) is 4.70. The van der Waals surface area contributed by atoms with Crippen LogP contribution in [-0.4, -0.2) is 16.1 Å². The summed E-state index contributed by atoms with van der Waals surface area (Å²) in [5.74, 6) is 1.19. The van der Waals surface area contributed by atoms with Crippen LogP contribution in [0.25, 0.3) is 11.0 Å². The van der Waals surface area contributed by atoms with E-state index < -0.39 is 0 Å². The fourth-order valence-corrected chi connectivity index (χ4v) is 2.46. The highest BCUT2D eigenvalue weighted by molar-refractivity contribution is 5.75. The largest absolute Gasteiger partial charge is 0.330 e. The minimum absolute atomic E-state index is 0.239. The summed E-state index contributed by atoms with van der Waals surface area (Å²) < 4.78 is 2.36. The van der Waals surface area contributed by atoms with Crippen LogP contribution < -0.4 is 5.73 Å². The van der Waals surface area contributed by atoms with Crippen LogP contribution in [0.1, 0.15) is 39.4 Å². The molecule has 2 aromatic rings. The Balaban J connectivity index is 2.15. The lowest BCUT2D eigenvalue weighted by atomic mass is 9.88. The van der Waals surface area contributed by atoms with Crippen molar-refractivity contribution in [2.45, 2.75) is 46.6 Å². The van der Waals surface area contributed by atoms with Gasteiger partial charge >= 0.3 is 0 Å². The summed E-state index contributed by atoms with van der Waals surface area (Å²) in [6.07, 6.45) is 3.28. The molecule has 0 amide bonds. The maximum absolute atomic E-state index is 5.79. The zero-order valence-electron chi connectivity index (χ0n) is 12.3. The number of aromatic nitrogens is 2. The molecule has 0 saturated heterocycles. The van der Waals surface area contributed by atoms with Gasteiger partial charge in [0, 0.05) is 13.0 Å². The summed E-state index contributed by atoms with van der Waals surface area (Å²) >= 11 is 0. The predicted octanol–water partition coefficient (Wildman–Crippen LogP) is 3.36. The van der Waals surface area contributed by atoms with Crippen molar-refractivity contribution in [3.05, 3.63) is 30.1 Å². The molecule has 0 unspecified atom stereocenters. The van der Waals surface area contributed by atoms with E-state index in [1.165, 1.54) is 11.3 Å². The molecule has 0 atom stereocenters. The standard InChI is InChI=1S/C16H25N3/c1-4-15-18-13-8-5-6-9-14(13)19(15)11-7-10-16(2,3)12-17/h5-6,8-9H,4,7,10-12,17H2,1-3H3. The molecular formula is C16H25N3. The number of nitrogens with two attached hydrogens (primary N) is 1. The average Bonchev–Trinajstić information content (AvgIpc) is 2.77. The van der Waals surface area contributed by atoms with Gasteiger partial charge in [-0.3, -0.25) is 0 Å². The lowest BCUT2D eigenvalue weighted by Crippen LogP contribution is -2.23. The van der Waals surface area contributed by atoms with Crippen LogP contribution in [0.2, 0.25) is 0 Å². The van der Waals surface area contributed by atoms with E-state index in [0.29, 0.717) is 0 Å². The number of imidazole rings is 1. The van der Waals surface area contributed by atoms with E-state index in [2.05, 4.69) is 49.6 Å². The van der Waals surface area contributed by atoms with Crippen LogP contribution in [0.3, 0.4) is 0 Å². The number of aryl methyl sites for hydroxylation is 2. The molecule has 0 saturated carbocycles. The van der Waals surface area contributed by atoms with Crippen LogP contribution >= 0.6 is 0 Å². The molecular weight excluding hydrogens is 234 g/mol. The Bertz CT molecular complexity index is 540. The van der Waals surface area contributed by atoms with Gasteiger partial charge in [0.15, 0.2) is 0 Å². The van der Waals surface area contributed by atoms with Crippen molar-refractivity contribution in [2.75, 3.05) is 6.54 Å². The molecule has 1 aromatic heterocycles. The third-order valence-corrected chi connectivity index (χ3v) is 3.84. The monoisotopic (exact) mass is 259 g/mol. The molecule has 1 aromatic carbocycles. The Morgan fingerprint density at radius 1 is 1.26 bits per heavy atom. The lowest BCUT2D eigenvalue weighted by Gasteiger charge is -2.22. The number of hydrogen-bond acceptors (Lipinski definition) is 2. The number of benzene rings is 1. The van der Waals surface area contributed by atoms with Gasteiger partial charge in [-0.15, -0.1) is 0 Å². The first-order chi connectivity index (χ1) is 9.07. The quantitative estimate of drug-likeness (QED) is 0.864. The molecule has 0 aliphatic carbocycles. The second-order valence-electron chi connectivity index (χ2n) is 5.99. The van der Waals surface area contributed by atoms with Gasteiger partial charge in [-0.05, 0) is 36.9 Å². The maximum atomic E-state index is 5.79. The van der Waals surface area contributed by atoms with Crippen molar-refractivity contribution < 1.29 is 0 Å². The van der Waals surface area contributed by atoms with E-state index >= 15 is 0 Å². The molecule has 0 aliphatic heterocycles. The van der Waals surface area contributed by atoms with Crippen molar-refractivity contribution in [3.63, 3.8) is 0 Å². The Kier molecular flexibility index (Phi) is 4.25. The van der Waals surface area contributed by atoms with Crippen molar-refractivity contribution in [1.29, 1.82) is 0 Å². The fraction of sp³-hybridized carbons (Fsp3) is 0.562. The summed E-state index contributed by atoms with van der Waals surface area (Å²) in [5.41, 5.74) is 8.40. The minimum atomic E-state index is 0.239. The van der Waals surface area contributed by atoms with E-state index in [-0.39, 0.29) is 5.41 Å². The maximum Gasteiger partial charge on any atom is 0.109 e.